The third-order valence-electron chi connectivity index (χ3n) is 2.73. The van der Waals surface area contributed by atoms with E-state index in [4.69, 9.17) is 23.1 Å². The molecule has 0 saturated heterocycles. The minimum Gasteiger partial charge on any atom is -0.397 e. The Morgan fingerprint density at radius 2 is 1.89 bits per heavy atom. The molecule has 1 aromatic heterocycles. The smallest absolute Gasteiger partial charge is 0.169 e. The fourth-order valence-electron chi connectivity index (χ4n) is 1.73. The Labute approximate surface area is 115 Å². The highest BCUT2D eigenvalue weighted by atomic mass is 35.5. The Bertz CT molecular complexity index is 575. The second-order valence-electron chi connectivity index (χ2n) is 4.09. The van der Waals surface area contributed by atoms with Crippen molar-refractivity contribution in [2.24, 2.45) is 0 Å². The van der Waals surface area contributed by atoms with Crippen LogP contribution in [0.3, 0.4) is 0 Å². The topological polar surface area (TPSA) is 77.0 Å². The van der Waals surface area contributed by atoms with E-state index in [9.17, 15) is 4.39 Å². The first-order chi connectivity index (χ1) is 9.09. The monoisotopic (exact) mass is 280 g/mol. The lowest BCUT2D eigenvalue weighted by molar-refractivity contribution is 0.632. The molecule has 100 valence electrons. The molecule has 0 aliphatic rings. The number of hydrogen-bond acceptors (Lipinski definition) is 4. The molecule has 5 N–H and O–H groups in total. The van der Waals surface area contributed by atoms with Crippen molar-refractivity contribution in [3.05, 3.63) is 47.0 Å². The highest BCUT2D eigenvalue weighted by molar-refractivity contribution is 6.33. The van der Waals surface area contributed by atoms with Gasteiger partial charge < -0.3 is 16.8 Å². The molecule has 0 fully saturated rings. The van der Waals surface area contributed by atoms with Gasteiger partial charge in [-0.2, -0.15) is 0 Å². The molecule has 0 atom stereocenters. The maximum atomic E-state index is 13.9. The van der Waals surface area contributed by atoms with Crippen LogP contribution in [0, 0.1) is 5.82 Å². The molecule has 1 aromatic carbocycles. The van der Waals surface area contributed by atoms with Crippen LogP contribution in [0.15, 0.2) is 30.6 Å². The number of rotatable bonds is 4. The van der Waals surface area contributed by atoms with E-state index in [-0.39, 0.29) is 22.1 Å². The van der Waals surface area contributed by atoms with Crippen molar-refractivity contribution in [2.45, 2.75) is 6.42 Å². The van der Waals surface area contributed by atoms with Gasteiger partial charge in [-0.05, 0) is 30.2 Å². The summed E-state index contributed by atoms with van der Waals surface area (Å²) < 4.78 is 13.9. The molecule has 0 aliphatic carbocycles. The second-order valence-corrected chi connectivity index (χ2v) is 4.47. The maximum Gasteiger partial charge on any atom is 0.169 e. The van der Waals surface area contributed by atoms with E-state index >= 15 is 0 Å². The molecule has 2 aromatic rings. The molecule has 2 rings (SSSR count). The average molecular weight is 281 g/mol. The van der Waals surface area contributed by atoms with Gasteiger partial charge in [-0.1, -0.05) is 11.6 Å². The highest BCUT2D eigenvalue weighted by Crippen LogP contribution is 2.33. The van der Waals surface area contributed by atoms with Gasteiger partial charge in [-0.3, -0.25) is 4.98 Å². The molecule has 4 nitrogen and oxygen atoms in total. The van der Waals surface area contributed by atoms with Gasteiger partial charge in [0.05, 0.1) is 17.1 Å². The van der Waals surface area contributed by atoms with Crippen LogP contribution >= 0.6 is 11.6 Å². The normalized spacial score (nSPS) is 10.4. The van der Waals surface area contributed by atoms with Gasteiger partial charge in [0.1, 0.15) is 5.02 Å². The third-order valence-corrected chi connectivity index (χ3v) is 3.11. The standard InChI is InChI=1S/C13H14ClFN4/c14-11-9(16)7-10(17)13(12(11)15)19-6-3-8-1-4-18-5-2-8/h1-2,4-5,7,19H,3,6,16-17H2. The molecule has 0 aliphatic heterocycles. The number of anilines is 3. The van der Waals surface area contributed by atoms with E-state index < -0.39 is 5.82 Å². The van der Waals surface area contributed by atoms with Crippen molar-refractivity contribution in [2.75, 3.05) is 23.3 Å². The summed E-state index contributed by atoms with van der Waals surface area (Å²) in [6, 6.07) is 5.24. The number of nitrogens with one attached hydrogen (secondary N) is 1. The first-order valence-electron chi connectivity index (χ1n) is 5.75. The molecule has 0 bridgehead atoms. The van der Waals surface area contributed by atoms with Gasteiger partial charge in [-0.15, -0.1) is 0 Å². The lowest BCUT2D eigenvalue weighted by Crippen LogP contribution is -2.09. The summed E-state index contributed by atoms with van der Waals surface area (Å²) in [5.74, 6) is -0.617. The Morgan fingerprint density at radius 3 is 2.58 bits per heavy atom. The molecule has 0 amide bonds. The van der Waals surface area contributed by atoms with Crippen molar-refractivity contribution in [3.63, 3.8) is 0 Å². The summed E-state index contributed by atoms with van der Waals surface area (Å²) in [6.45, 7) is 0.533. The molecule has 6 heteroatoms. The lowest BCUT2D eigenvalue weighted by atomic mass is 10.2. The van der Waals surface area contributed by atoms with Gasteiger partial charge in [-0.25, -0.2) is 4.39 Å². The van der Waals surface area contributed by atoms with Crippen molar-refractivity contribution in [1.29, 1.82) is 0 Å². The van der Waals surface area contributed by atoms with E-state index in [1.807, 2.05) is 12.1 Å². The lowest BCUT2D eigenvalue weighted by Gasteiger charge is -2.12. The molecule has 0 saturated carbocycles. The number of benzene rings is 1. The van der Waals surface area contributed by atoms with Crippen molar-refractivity contribution in [1.82, 2.24) is 4.98 Å². The zero-order valence-electron chi connectivity index (χ0n) is 10.2. The summed E-state index contributed by atoms with van der Waals surface area (Å²) in [4.78, 5) is 3.93. The average Bonchev–Trinajstić information content (AvgIpc) is 2.41. The number of pyridine rings is 1. The van der Waals surface area contributed by atoms with Gasteiger partial charge in [0.25, 0.3) is 0 Å². The van der Waals surface area contributed by atoms with E-state index in [0.717, 1.165) is 12.0 Å². The largest absolute Gasteiger partial charge is 0.397 e. The molecule has 0 radical (unpaired) electrons. The van der Waals surface area contributed by atoms with Crippen LogP contribution in [0.25, 0.3) is 0 Å². The number of nitrogen functional groups attached to an aromatic ring is 2. The first-order valence-corrected chi connectivity index (χ1v) is 6.13. The fraction of sp³-hybridized carbons (Fsp3) is 0.154. The summed E-state index contributed by atoms with van der Waals surface area (Å²) in [7, 11) is 0. The third kappa shape index (κ3) is 3.06. The van der Waals surface area contributed by atoms with E-state index in [1.54, 1.807) is 12.4 Å². The quantitative estimate of drug-likeness (QED) is 0.753. The molecule has 1 heterocycles. The van der Waals surface area contributed by atoms with Crippen LogP contribution in [0.2, 0.25) is 5.02 Å². The minimum atomic E-state index is -0.617. The summed E-state index contributed by atoms with van der Waals surface area (Å²) in [5.41, 5.74) is 12.9. The first kappa shape index (κ1) is 13.4. The van der Waals surface area contributed by atoms with Crippen molar-refractivity contribution >= 4 is 28.7 Å². The molecule has 0 unspecified atom stereocenters. The summed E-state index contributed by atoms with van der Waals surface area (Å²) in [6.07, 6.45) is 4.15. The van der Waals surface area contributed by atoms with Crippen LogP contribution < -0.4 is 16.8 Å². The SMILES string of the molecule is Nc1cc(N)c(NCCc2ccncc2)c(F)c1Cl. The van der Waals surface area contributed by atoms with Crippen LogP contribution in [-0.2, 0) is 6.42 Å². The maximum absolute atomic E-state index is 13.9. The van der Waals surface area contributed by atoms with Crippen molar-refractivity contribution in [3.8, 4) is 0 Å². The molecule has 0 spiro atoms. The Hall–Kier alpha value is -2.01. The molecular formula is C13H14ClFN4. The number of aromatic nitrogens is 1. The molecular weight excluding hydrogens is 267 g/mol. The van der Waals surface area contributed by atoms with E-state index in [1.165, 1.54) is 6.07 Å². The second kappa shape index (κ2) is 5.75. The number of hydrogen-bond donors (Lipinski definition) is 3. The zero-order valence-corrected chi connectivity index (χ0v) is 10.9. The van der Waals surface area contributed by atoms with Gasteiger partial charge in [0.15, 0.2) is 5.82 Å². The Kier molecular flexibility index (Phi) is 4.06. The van der Waals surface area contributed by atoms with Crippen LogP contribution in [0.4, 0.5) is 21.5 Å². The van der Waals surface area contributed by atoms with Gasteiger partial charge in [0.2, 0.25) is 0 Å². The van der Waals surface area contributed by atoms with Gasteiger partial charge in [0, 0.05) is 18.9 Å². The predicted molar refractivity (Wildman–Crippen MR) is 76.7 cm³/mol. The number of halogens is 2. The van der Waals surface area contributed by atoms with Crippen molar-refractivity contribution < 1.29 is 4.39 Å². The molecule has 19 heavy (non-hydrogen) atoms. The fourth-order valence-corrected chi connectivity index (χ4v) is 1.88. The Morgan fingerprint density at radius 1 is 1.21 bits per heavy atom. The Balaban J connectivity index is 2.06. The highest BCUT2D eigenvalue weighted by Gasteiger charge is 2.13. The van der Waals surface area contributed by atoms with Crippen LogP contribution in [0.1, 0.15) is 5.56 Å². The summed E-state index contributed by atoms with van der Waals surface area (Å²) >= 11 is 5.75. The minimum absolute atomic E-state index is 0.111. The predicted octanol–water partition coefficient (Wildman–Crippen LogP) is 2.69. The number of nitrogens with zero attached hydrogens (tertiary/aromatic N) is 1. The van der Waals surface area contributed by atoms with E-state index in [2.05, 4.69) is 10.3 Å². The van der Waals surface area contributed by atoms with Crippen LogP contribution in [0.5, 0.6) is 0 Å². The number of nitrogens with two attached hydrogens (primary N) is 2. The van der Waals surface area contributed by atoms with Gasteiger partial charge >= 0.3 is 0 Å². The summed E-state index contributed by atoms with van der Waals surface area (Å²) in [5, 5.41) is 2.83. The van der Waals surface area contributed by atoms with E-state index in [0.29, 0.717) is 6.54 Å². The zero-order chi connectivity index (χ0) is 13.8. The van der Waals surface area contributed by atoms with Crippen LogP contribution in [-0.4, -0.2) is 11.5 Å².